The van der Waals surface area contributed by atoms with E-state index < -0.39 is 0 Å². The van der Waals surface area contributed by atoms with Crippen LogP contribution in [0.4, 0.5) is 10.8 Å². The van der Waals surface area contributed by atoms with Gasteiger partial charge in [-0.15, -0.1) is 11.3 Å². The number of nitrogens with one attached hydrogen (secondary N) is 1. The number of anilines is 2. The predicted octanol–water partition coefficient (Wildman–Crippen LogP) is 3.77. The summed E-state index contributed by atoms with van der Waals surface area (Å²) >= 11 is 1.45. The molecule has 0 aliphatic rings. The van der Waals surface area contributed by atoms with Gasteiger partial charge in [-0.2, -0.15) is 0 Å². The molecule has 1 atom stereocenters. The van der Waals surface area contributed by atoms with Crippen molar-refractivity contribution >= 4 is 28.1 Å². The SMILES string of the molecule is CC(C(=O)Nc1nc(C(C)(C)C)cs1)c1cccc(N)c1. The molecule has 0 spiro atoms. The van der Waals surface area contributed by atoms with Gasteiger partial charge in [0.1, 0.15) is 0 Å². The Morgan fingerprint density at radius 1 is 1.38 bits per heavy atom. The summed E-state index contributed by atoms with van der Waals surface area (Å²) < 4.78 is 0. The lowest BCUT2D eigenvalue weighted by atomic mass is 9.93. The number of hydrogen-bond acceptors (Lipinski definition) is 4. The summed E-state index contributed by atoms with van der Waals surface area (Å²) in [7, 11) is 0. The van der Waals surface area contributed by atoms with Crippen molar-refractivity contribution in [3.05, 3.63) is 40.9 Å². The van der Waals surface area contributed by atoms with Crippen molar-refractivity contribution in [2.45, 2.75) is 39.0 Å². The highest BCUT2D eigenvalue weighted by Gasteiger charge is 2.20. The Bertz CT molecular complexity index is 643. The first kappa shape index (κ1) is 15.5. The van der Waals surface area contributed by atoms with Crippen molar-refractivity contribution in [2.24, 2.45) is 0 Å². The molecule has 3 N–H and O–H groups in total. The monoisotopic (exact) mass is 303 g/mol. The molecule has 5 heteroatoms. The van der Waals surface area contributed by atoms with Gasteiger partial charge in [-0.25, -0.2) is 4.98 Å². The molecule has 2 rings (SSSR count). The minimum Gasteiger partial charge on any atom is -0.399 e. The fourth-order valence-corrected chi connectivity index (χ4v) is 2.81. The molecule has 1 aromatic carbocycles. The Hall–Kier alpha value is -1.88. The van der Waals surface area contributed by atoms with Crippen LogP contribution in [-0.4, -0.2) is 10.9 Å². The average molecular weight is 303 g/mol. The number of thiazole rings is 1. The molecule has 1 amide bonds. The van der Waals surface area contributed by atoms with E-state index in [1.807, 2.05) is 36.6 Å². The van der Waals surface area contributed by atoms with Gasteiger partial charge in [-0.05, 0) is 24.6 Å². The quantitative estimate of drug-likeness (QED) is 0.848. The normalized spacial score (nSPS) is 13.0. The molecule has 0 saturated heterocycles. The number of amides is 1. The van der Waals surface area contributed by atoms with E-state index in [0.29, 0.717) is 10.8 Å². The van der Waals surface area contributed by atoms with Crippen LogP contribution in [0.2, 0.25) is 0 Å². The number of benzene rings is 1. The average Bonchev–Trinajstić information content (AvgIpc) is 2.86. The number of nitrogens with zero attached hydrogens (tertiary/aromatic N) is 1. The number of carbonyl (C=O) groups excluding carboxylic acids is 1. The van der Waals surface area contributed by atoms with E-state index in [2.05, 4.69) is 31.1 Å². The molecule has 4 nitrogen and oxygen atoms in total. The van der Waals surface area contributed by atoms with Gasteiger partial charge in [0.2, 0.25) is 5.91 Å². The minimum absolute atomic E-state index is 0.0149. The van der Waals surface area contributed by atoms with Gasteiger partial charge in [0, 0.05) is 16.5 Å². The van der Waals surface area contributed by atoms with Crippen molar-refractivity contribution in [1.82, 2.24) is 4.98 Å². The van der Waals surface area contributed by atoms with E-state index in [-0.39, 0.29) is 17.2 Å². The Labute approximate surface area is 129 Å². The third kappa shape index (κ3) is 3.82. The molecule has 112 valence electrons. The van der Waals surface area contributed by atoms with E-state index in [1.165, 1.54) is 11.3 Å². The second kappa shape index (κ2) is 5.85. The first-order chi connectivity index (χ1) is 9.77. The molecular weight excluding hydrogens is 282 g/mol. The molecule has 2 aromatic rings. The number of aromatic nitrogens is 1. The van der Waals surface area contributed by atoms with E-state index in [1.54, 1.807) is 0 Å². The van der Waals surface area contributed by atoms with Gasteiger partial charge >= 0.3 is 0 Å². The maximum Gasteiger partial charge on any atom is 0.233 e. The smallest absolute Gasteiger partial charge is 0.233 e. The van der Waals surface area contributed by atoms with Crippen LogP contribution in [0.15, 0.2) is 29.6 Å². The van der Waals surface area contributed by atoms with Gasteiger partial charge in [0.15, 0.2) is 5.13 Å². The molecule has 0 saturated carbocycles. The second-order valence-corrected chi connectivity index (χ2v) is 7.03. The number of nitrogens with two attached hydrogens (primary N) is 1. The molecule has 0 aliphatic carbocycles. The standard InChI is InChI=1S/C16H21N3OS/c1-10(11-6-5-7-12(17)8-11)14(20)19-15-18-13(9-21-15)16(2,3)4/h5-10H,17H2,1-4H3,(H,18,19,20). The van der Waals surface area contributed by atoms with Crippen LogP contribution in [0, 0.1) is 0 Å². The topological polar surface area (TPSA) is 68.0 Å². The van der Waals surface area contributed by atoms with Crippen molar-refractivity contribution < 1.29 is 4.79 Å². The van der Waals surface area contributed by atoms with Crippen LogP contribution in [0.3, 0.4) is 0 Å². The van der Waals surface area contributed by atoms with Crippen LogP contribution in [-0.2, 0) is 10.2 Å². The van der Waals surface area contributed by atoms with E-state index in [9.17, 15) is 4.79 Å². The lowest BCUT2D eigenvalue weighted by Crippen LogP contribution is -2.19. The van der Waals surface area contributed by atoms with Crippen LogP contribution in [0.1, 0.15) is 44.9 Å². The first-order valence-electron chi connectivity index (χ1n) is 6.89. The molecule has 0 aliphatic heterocycles. The zero-order valence-corrected chi connectivity index (χ0v) is 13.6. The van der Waals surface area contributed by atoms with E-state index in [0.717, 1.165) is 11.3 Å². The lowest BCUT2D eigenvalue weighted by molar-refractivity contribution is -0.117. The predicted molar refractivity (Wildman–Crippen MR) is 88.7 cm³/mol. The highest BCUT2D eigenvalue weighted by molar-refractivity contribution is 7.13. The lowest BCUT2D eigenvalue weighted by Gasteiger charge is -2.14. The van der Waals surface area contributed by atoms with Gasteiger partial charge < -0.3 is 11.1 Å². The zero-order valence-electron chi connectivity index (χ0n) is 12.8. The molecule has 1 unspecified atom stereocenters. The number of rotatable bonds is 3. The van der Waals surface area contributed by atoms with Crippen LogP contribution >= 0.6 is 11.3 Å². The van der Waals surface area contributed by atoms with Crippen LogP contribution in [0.25, 0.3) is 0 Å². The fourth-order valence-electron chi connectivity index (χ4n) is 1.87. The van der Waals surface area contributed by atoms with Gasteiger partial charge in [0.25, 0.3) is 0 Å². The maximum absolute atomic E-state index is 12.3. The van der Waals surface area contributed by atoms with Crippen LogP contribution < -0.4 is 11.1 Å². The van der Waals surface area contributed by atoms with E-state index >= 15 is 0 Å². The zero-order chi connectivity index (χ0) is 15.6. The molecule has 0 bridgehead atoms. The first-order valence-corrected chi connectivity index (χ1v) is 7.77. The molecule has 0 radical (unpaired) electrons. The Morgan fingerprint density at radius 2 is 2.10 bits per heavy atom. The van der Waals surface area contributed by atoms with Gasteiger partial charge in [-0.3, -0.25) is 4.79 Å². The van der Waals surface area contributed by atoms with Crippen molar-refractivity contribution in [2.75, 3.05) is 11.1 Å². The van der Waals surface area contributed by atoms with Crippen molar-refractivity contribution in [3.63, 3.8) is 0 Å². The fraction of sp³-hybridized carbons (Fsp3) is 0.375. The largest absolute Gasteiger partial charge is 0.399 e. The summed E-state index contributed by atoms with van der Waals surface area (Å²) in [5.74, 6) is -0.342. The highest BCUT2D eigenvalue weighted by atomic mass is 32.1. The number of carbonyl (C=O) groups is 1. The minimum atomic E-state index is -0.268. The molecular formula is C16H21N3OS. The summed E-state index contributed by atoms with van der Waals surface area (Å²) in [4.78, 5) is 16.8. The van der Waals surface area contributed by atoms with E-state index in [4.69, 9.17) is 5.73 Å². The summed E-state index contributed by atoms with van der Waals surface area (Å²) in [5.41, 5.74) is 8.30. The Kier molecular flexibility index (Phi) is 4.32. The van der Waals surface area contributed by atoms with Crippen molar-refractivity contribution in [1.29, 1.82) is 0 Å². The Balaban J connectivity index is 2.09. The molecule has 1 aromatic heterocycles. The van der Waals surface area contributed by atoms with Gasteiger partial charge in [0.05, 0.1) is 11.6 Å². The summed E-state index contributed by atoms with van der Waals surface area (Å²) in [5, 5.41) is 5.51. The maximum atomic E-state index is 12.3. The summed E-state index contributed by atoms with van der Waals surface area (Å²) in [6, 6.07) is 7.40. The third-order valence-corrected chi connectivity index (χ3v) is 4.06. The highest BCUT2D eigenvalue weighted by Crippen LogP contribution is 2.27. The third-order valence-electron chi connectivity index (χ3n) is 3.31. The van der Waals surface area contributed by atoms with Crippen LogP contribution in [0.5, 0.6) is 0 Å². The molecule has 21 heavy (non-hydrogen) atoms. The summed E-state index contributed by atoms with van der Waals surface area (Å²) in [6.45, 7) is 8.16. The molecule has 0 fully saturated rings. The number of nitrogen functional groups attached to an aromatic ring is 1. The second-order valence-electron chi connectivity index (χ2n) is 6.17. The van der Waals surface area contributed by atoms with Gasteiger partial charge in [-0.1, -0.05) is 32.9 Å². The number of hydrogen-bond donors (Lipinski definition) is 2. The summed E-state index contributed by atoms with van der Waals surface area (Å²) in [6.07, 6.45) is 0. The molecule has 1 heterocycles. The van der Waals surface area contributed by atoms with Crippen molar-refractivity contribution in [3.8, 4) is 0 Å². The Morgan fingerprint density at radius 3 is 2.67 bits per heavy atom.